The van der Waals surface area contributed by atoms with E-state index in [0.717, 1.165) is 17.7 Å². The van der Waals surface area contributed by atoms with Gasteiger partial charge in [-0.25, -0.2) is 8.42 Å². The van der Waals surface area contributed by atoms with E-state index < -0.39 is 38.8 Å². The summed E-state index contributed by atoms with van der Waals surface area (Å²) in [5, 5.41) is 2.08. The summed E-state index contributed by atoms with van der Waals surface area (Å²) < 4.78 is 72.0. The zero-order chi connectivity index (χ0) is 25.1. The fourth-order valence-electron chi connectivity index (χ4n) is 2.91. The molecule has 2 N–H and O–H groups in total. The van der Waals surface area contributed by atoms with Gasteiger partial charge >= 0.3 is 6.18 Å². The topological polar surface area (TPSA) is 84.5 Å². The van der Waals surface area contributed by atoms with Crippen molar-refractivity contribution in [3.05, 3.63) is 82.9 Å². The van der Waals surface area contributed by atoms with Crippen LogP contribution in [0.4, 0.5) is 24.5 Å². The highest BCUT2D eigenvalue weighted by Gasteiger charge is 2.33. The number of anilines is 2. The number of hydrogen-bond donors (Lipinski definition) is 2. The van der Waals surface area contributed by atoms with Gasteiger partial charge in [0, 0.05) is 11.4 Å². The zero-order valence-corrected chi connectivity index (χ0v) is 19.6. The molecule has 1 amide bonds. The molecule has 0 aromatic heterocycles. The molecule has 180 valence electrons. The van der Waals surface area contributed by atoms with Gasteiger partial charge < -0.3 is 10.1 Å². The van der Waals surface area contributed by atoms with Gasteiger partial charge in [0.2, 0.25) is 0 Å². The minimum Gasteiger partial charge on any atom is -0.481 e. The Bertz CT molecular complexity index is 1300. The summed E-state index contributed by atoms with van der Waals surface area (Å²) in [4.78, 5) is 12.2. The zero-order valence-electron chi connectivity index (χ0n) is 18.0. The van der Waals surface area contributed by atoms with Crippen LogP contribution in [0.3, 0.4) is 0 Å². The molecule has 0 fully saturated rings. The summed E-state index contributed by atoms with van der Waals surface area (Å²) in [6.45, 7) is 3.42. The lowest BCUT2D eigenvalue weighted by atomic mass is 10.2. The van der Waals surface area contributed by atoms with Gasteiger partial charge in [0.05, 0.1) is 15.5 Å². The second-order valence-electron chi connectivity index (χ2n) is 7.34. The lowest BCUT2D eigenvalue weighted by Gasteiger charge is -2.16. The van der Waals surface area contributed by atoms with E-state index in [-0.39, 0.29) is 10.6 Å². The lowest BCUT2D eigenvalue weighted by molar-refractivity contribution is -0.137. The minimum absolute atomic E-state index is 0.210. The molecule has 0 aliphatic heterocycles. The van der Waals surface area contributed by atoms with Crippen LogP contribution in [-0.4, -0.2) is 20.4 Å². The van der Waals surface area contributed by atoms with E-state index in [1.165, 1.54) is 24.3 Å². The van der Waals surface area contributed by atoms with E-state index >= 15 is 0 Å². The molecule has 6 nitrogen and oxygen atoms in total. The van der Waals surface area contributed by atoms with Crippen LogP contribution in [0.1, 0.15) is 18.1 Å². The SMILES string of the molecule is Cc1ccccc1O[C@H](C)C(=O)Nc1ccc(S(=O)(=O)Nc2ccc(Cl)c(C(F)(F)F)c2)cc1. The van der Waals surface area contributed by atoms with Crippen LogP contribution in [0.15, 0.2) is 71.6 Å². The van der Waals surface area contributed by atoms with Crippen molar-refractivity contribution in [2.75, 3.05) is 10.0 Å². The molecule has 11 heteroatoms. The van der Waals surface area contributed by atoms with Crippen molar-refractivity contribution in [2.45, 2.75) is 31.0 Å². The molecule has 0 radical (unpaired) electrons. The maximum Gasteiger partial charge on any atom is 0.417 e. The second kappa shape index (κ2) is 9.94. The molecule has 0 heterocycles. The van der Waals surface area contributed by atoms with Gasteiger partial charge in [-0.2, -0.15) is 13.2 Å². The van der Waals surface area contributed by atoms with Gasteiger partial charge in [0.15, 0.2) is 6.10 Å². The maximum absolute atomic E-state index is 13.0. The number of sulfonamides is 1. The van der Waals surface area contributed by atoms with Gasteiger partial charge in [-0.05, 0) is 67.9 Å². The van der Waals surface area contributed by atoms with Gasteiger partial charge in [-0.3, -0.25) is 9.52 Å². The molecular formula is C23H20ClF3N2O4S. The first kappa shape index (κ1) is 25.4. The Hall–Kier alpha value is -3.24. The number of nitrogens with one attached hydrogen (secondary N) is 2. The molecule has 1 atom stereocenters. The fraction of sp³-hybridized carbons (Fsp3) is 0.174. The summed E-state index contributed by atoms with van der Waals surface area (Å²) in [6, 6.07) is 15.1. The molecule has 0 aliphatic carbocycles. The monoisotopic (exact) mass is 512 g/mol. The molecular weight excluding hydrogens is 493 g/mol. The number of alkyl halides is 3. The van der Waals surface area contributed by atoms with Gasteiger partial charge in [0.25, 0.3) is 15.9 Å². The van der Waals surface area contributed by atoms with Crippen molar-refractivity contribution in [3.8, 4) is 5.75 Å². The standard InChI is InChI=1S/C23H20ClF3N2O4S/c1-14-5-3-4-6-21(14)33-15(2)22(30)28-16-7-10-18(11-8-16)34(31,32)29-17-9-12-20(24)19(13-17)23(25,26)27/h3-13,15,29H,1-2H3,(H,28,30)/t15-/m1/s1. The lowest BCUT2D eigenvalue weighted by Crippen LogP contribution is -2.30. The Morgan fingerprint density at radius 3 is 2.24 bits per heavy atom. The number of aryl methyl sites for hydroxylation is 1. The molecule has 0 spiro atoms. The van der Waals surface area contributed by atoms with Gasteiger partial charge in [0.1, 0.15) is 5.75 Å². The highest BCUT2D eigenvalue weighted by atomic mass is 35.5. The van der Waals surface area contributed by atoms with E-state index in [1.54, 1.807) is 19.1 Å². The van der Waals surface area contributed by atoms with E-state index in [9.17, 15) is 26.4 Å². The van der Waals surface area contributed by atoms with Crippen molar-refractivity contribution in [2.24, 2.45) is 0 Å². The van der Waals surface area contributed by atoms with E-state index in [0.29, 0.717) is 17.5 Å². The van der Waals surface area contributed by atoms with Crippen LogP contribution in [-0.2, 0) is 21.0 Å². The number of amides is 1. The summed E-state index contributed by atoms with van der Waals surface area (Å²) >= 11 is 5.56. The third-order valence-electron chi connectivity index (χ3n) is 4.72. The summed E-state index contributed by atoms with van der Waals surface area (Å²) in [5.41, 5.74) is -0.270. The first-order valence-electron chi connectivity index (χ1n) is 9.89. The predicted octanol–water partition coefficient (Wildman–Crippen LogP) is 5.87. The number of carbonyl (C=O) groups excluding carboxylic acids is 1. The summed E-state index contributed by atoms with van der Waals surface area (Å²) in [6.07, 6.45) is -5.56. The first-order chi connectivity index (χ1) is 15.9. The van der Waals surface area contributed by atoms with E-state index in [4.69, 9.17) is 16.3 Å². The first-order valence-corrected chi connectivity index (χ1v) is 11.8. The Labute approximate surface area is 199 Å². The average molecular weight is 513 g/mol. The molecule has 0 unspecified atom stereocenters. The predicted molar refractivity (Wildman–Crippen MR) is 124 cm³/mol. The normalized spacial score (nSPS) is 12.6. The summed E-state index contributed by atoms with van der Waals surface area (Å²) in [7, 11) is -4.19. The molecule has 0 bridgehead atoms. The summed E-state index contributed by atoms with van der Waals surface area (Å²) in [5.74, 6) is 0.117. The highest BCUT2D eigenvalue weighted by Crippen LogP contribution is 2.36. The number of halogens is 4. The second-order valence-corrected chi connectivity index (χ2v) is 9.43. The van der Waals surface area contributed by atoms with Crippen LogP contribution in [0.25, 0.3) is 0 Å². The van der Waals surface area contributed by atoms with Crippen molar-refractivity contribution in [1.82, 2.24) is 0 Å². The van der Waals surface area contributed by atoms with E-state index in [1.807, 2.05) is 19.1 Å². The van der Waals surface area contributed by atoms with Crippen molar-refractivity contribution < 1.29 is 31.1 Å². The van der Waals surface area contributed by atoms with Crippen molar-refractivity contribution in [1.29, 1.82) is 0 Å². The molecule has 0 aliphatic rings. The highest BCUT2D eigenvalue weighted by molar-refractivity contribution is 7.92. The van der Waals surface area contributed by atoms with E-state index in [2.05, 4.69) is 10.0 Å². The molecule has 34 heavy (non-hydrogen) atoms. The third-order valence-corrected chi connectivity index (χ3v) is 6.45. The van der Waals surface area contributed by atoms with Crippen LogP contribution in [0, 0.1) is 6.92 Å². The van der Waals surface area contributed by atoms with Crippen LogP contribution in [0.5, 0.6) is 5.75 Å². The Morgan fingerprint density at radius 1 is 1.00 bits per heavy atom. The number of rotatable bonds is 7. The molecule has 3 aromatic rings. The largest absolute Gasteiger partial charge is 0.481 e. The van der Waals surface area contributed by atoms with Crippen molar-refractivity contribution in [3.63, 3.8) is 0 Å². The van der Waals surface area contributed by atoms with Gasteiger partial charge in [-0.15, -0.1) is 0 Å². The number of benzene rings is 3. The molecule has 0 saturated carbocycles. The van der Waals surface area contributed by atoms with Crippen molar-refractivity contribution >= 4 is 38.9 Å². The Balaban J connectivity index is 1.69. The molecule has 3 aromatic carbocycles. The Kier molecular flexibility index (Phi) is 7.42. The number of para-hydroxylation sites is 1. The Morgan fingerprint density at radius 2 is 1.62 bits per heavy atom. The number of hydrogen-bond acceptors (Lipinski definition) is 4. The number of carbonyl (C=O) groups is 1. The molecule has 0 saturated heterocycles. The van der Waals surface area contributed by atoms with Crippen LogP contribution in [0.2, 0.25) is 5.02 Å². The number of ether oxygens (including phenoxy) is 1. The minimum atomic E-state index is -4.74. The third kappa shape index (κ3) is 6.21. The van der Waals surface area contributed by atoms with Gasteiger partial charge in [-0.1, -0.05) is 29.8 Å². The molecule has 3 rings (SSSR count). The quantitative estimate of drug-likeness (QED) is 0.414. The average Bonchev–Trinajstić information content (AvgIpc) is 2.76. The smallest absolute Gasteiger partial charge is 0.417 e. The van der Waals surface area contributed by atoms with Crippen LogP contribution < -0.4 is 14.8 Å². The van der Waals surface area contributed by atoms with Crippen LogP contribution >= 0.6 is 11.6 Å². The fourth-order valence-corrected chi connectivity index (χ4v) is 4.19. The maximum atomic E-state index is 13.0.